The van der Waals surface area contributed by atoms with Gasteiger partial charge in [-0.2, -0.15) is 0 Å². The standard InChI is InChI=1S/C16H28N2O2/c1-6-20-15-8-7-12(2)11-14(15)16(19)13(3)17-9-10-18(4)5/h7-8,11,13,16-17,19H,6,9-10H2,1-5H3. The number of aryl methyl sites for hydroxylation is 1. The van der Waals surface area contributed by atoms with Gasteiger partial charge in [-0.15, -0.1) is 0 Å². The molecule has 1 aromatic carbocycles. The summed E-state index contributed by atoms with van der Waals surface area (Å²) >= 11 is 0. The van der Waals surface area contributed by atoms with Gasteiger partial charge in [0.15, 0.2) is 0 Å². The summed E-state index contributed by atoms with van der Waals surface area (Å²) < 4.78 is 5.61. The van der Waals surface area contributed by atoms with Gasteiger partial charge >= 0.3 is 0 Å². The lowest BCUT2D eigenvalue weighted by Gasteiger charge is -2.24. The van der Waals surface area contributed by atoms with Crippen LogP contribution in [0.3, 0.4) is 0 Å². The minimum Gasteiger partial charge on any atom is -0.493 e. The van der Waals surface area contributed by atoms with Gasteiger partial charge in [0.2, 0.25) is 0 Å². The Labute approximate surface area is 122 Å². The van der Waals surface area contributed by atoms with Crippen LogP contribution in [-0.2, 0) is 0 Å². The summed E-state index contributed by atoms with van der Waals surface area (Å²) in [4.78, 5) is 2.12. The summed E-state index contributed by atoms with van der Waals surface area (Å²) in [5.41, 5.74) is 1.99. The van der Waals surface area contributed by atoms with Crippen LogP contribution in [0.4, 0.5) is 0 Å². The van der Waals surface area contributed by atoms with Gasteiger partial charge in [-0.05, 0) is 47.0 Å². The lowest BCUT2D eigenvalue weighted by Crippen LogP contribution is -2.36. The molecule has 0 aliphatic heterocycles. The van der Waals surface area contributed by atoms with Crippen LogP contribution in [0.15, 0.2) is 18.2 Å². The molecule has 0 aromatic heterocycles. The van der Waals surface area contributed by atoms with Crippen molar-refractivity contribution in [3.63, 3.8) is 0 Å². The van der Waals surface area contributed by atoms with Crippen molar-refractivity contribution in [3.8, 4) is 5.75 Å². The van der Waals surface area contributed by atoms with Gasteiger partial charge in [0.05, 0.1) is 12.7 Å². The lowest BCUT2D eigenvalue weighted by molar-refractivity contribution is 0.130. The maximum absolute atomic E-state index is 10.5. The Hall–Kier alpha value is -1.10. The largest absolute Gasteiger partial charge is 0.493 e. The molecule has 0 aliphatic rings. The number of ether oxygens (including phenoxy) is 1. The SMILES string of the molecule is CCOc1ccc(C)cc1C(O)C(C)NCCN(C)C. The minimum atomic E-state index is -0.571. The molecule has 2 N–H and O–H groups in total. The molecular weight excluding hydrogens is 252 g/mol. The highest BCUT2D eigenvalue weighted by Gasteiger charge is 2.20. The van der Waals surface area contributed by atoms with Crippen molar-refractivity contribution >= 4 is 0 Å². The fourth-order valence-corrected chi connectivity index (χ4v) is 2.08. The first-order chi connectivity index (χ1) is 9.45. The van der Waals surface area contributed by atoms with Gasteiger partial charge in [0, 0.05) is 24.7 Å². The summed E-state index contributed by atoms with van der Waals surface area (Å²) in [7, 11) is 4.08. The van der Waals surface area contributed by atoms with E-state index in [1.54, 1.807) is 0 Å². The van der Waals surface area contributed by atoms with Crippen LogP contribution < -0.4 is 10.1 Å². The van der Waals surface area contributed by atoms with Crippen molar-refractivity contribution in [1.82, 2.24) is 10.2 Å². The average Bonchev–Trinajstić information content (AvgIpc) is 2.39. The summed E-state index contributed by atoms with van der Waals surface area (Å²) in [6.45, 7) is 8.37. The molecule has 0 amide bonds. The zero-order chi connectivity index (χ0) is 15.1. The number of nitrogens with zero attached hydrogens (tertiary/aromatic N) is 1. The molecule has 0 bridgehead atoms. The Balaban J connectivity index is 2.73. The Kier molecular flexibility index (Phi) is 6.99. The van der Waals surface area contributed by atoms with Gasteiger partial charge < -0.3 is 20.1 Å². The van der Waals surface area contributed by atoms with E-state index in [4.69, 9.17) is 4.74 Å². The van der Waals surface area contributed by atoms with Gasteiger partial charge in [-0.1, -0.05) is 11.6 Å². The van der Waals surface area contributed by atoms with E-state index >= 15 is 0 Å². The van der Waals surface area contributed by atoms with Crippen LogP contribution in [0.5, 0.6) is 5.75 Å². The van der Waals surface area contributed by atoms with Crippen LogP contribution in [-0.4, -0.2) is 49.8 Å². The van der Waals surface area contributed by atoms with Crippen molar-refractivity contribution in [1.29, 1.82) is 0 Å². The molecule has 0 saturated heterocycles. The van der Waals surface area contributed by atoms with Crippen molar-refractivity contribution < 1.29 is 9.84 Å². The molecule has 1 aromatic rings. The number of benzene rings is 1. The normalized spacial score (nSPS) is 14.3. The van der Waals surface area contributed by atoms with Crippen LogP contribution in [0, 0.1) is 6.92 Å². The van der Waals surface area contributed by atoms with Crippen LogP contribution in [0.2, 0.25) is 0 Å². The van der Waals surface area contributed by atoms with Crippen LogP contribution in [0.1, 0.15) is 31.1 Å². The fourth-order valence-electron chi connectivity index (χ4n) is 2.08. The summed E-state index contributed by atoms with van der Waals surface area (Å²) in [6, 6.07) is 5.92. The van der Waals surface area contributed by atoms with Crippen LogP contribution in [0.25, 0.3) is 0 Å². The molecule has 20 heavy (non-hydrogen) atoms. The second-order valence-corrected chi connectivity index (χ2v) is 5.47. The van der Waals surface area contributed by atoms with Crippen molar-refractivity contribution in [3.05, 3.63) is 29.3 Å². The second kappa shape index (κ2) is 8.25. The predicted octanol–water partition coefficient (Wildman–Crippen LogP) is 1.97. The predicted molar refractivity (Wildman–Crippen MR) is 83.3 cm³/mol. The Morgan fingerprint density at radius 3 is 2.65 bits per heavy atom. The van der Waals surface area contributed by atoms with Gasteiger partial charge in [0.1, 0.15) is 5.75 Å². The zero-order valence-corrected chi connectivity index (χ0v) is 13.3. The third kappa shape index (κ3) is 5.12. The average molecular weight is 280 g/mol. The Morgan fingerprint density at radius 2 is 2.05 bits per heavy atom. The van der Waals surface area contributed by atoms with E-state index in [0.29, 0.717) is 6.61 Å². The second-order valence-electron chi connectivity index (χ2n) is 5.47. The third-order valence-electron chi connectivity index (χ3n) is 3.28. The number of aliphatic hydroxyl groups excluding tert-OH is 1. The lowest BCUT2D eigenvalue weighted by atomic mass is 10.0. The number of nitrogens with one attached hydrogen (secondary N) is 1. The smallest absolute Gasteiger partial charge is 0.125 e. The quantitative estimate of drug-likeness (QED) is 0.764. The molecule has 114 valence electrons. The molecule has 2 unspecified atom stereocenters. The zero-order valence-electron chi connectivity index (χ0n) is 13.3. The van der Waals surface area contributed by atoms with E-state index in [0.717, 1.165) is 30.0 Å². The van der Waals surface area contributed by atoms with Gasteiger partial charge in [-0.25, -0.2) is 0 Å². The molecule has 0 aliphatic carbocycles. The first kappa shape index (κ1) is 17.0. The van der Waals surface area contributed by atoms with E-state index in [1.807, 2.05) is 53.1 Å². The number of likely N-dealkylation sites (N-methyl/N-ethyl adjacent to an activating group) is 1. The molecular formula is C16H28N2O2. The maximum Gasteiger partial charge on any atom is 0.125 e. The highest BCUT2D eigenvalue weighted by molar-refractivity contribution is 5.39. The molecule has 2 atom stereocenters. The number of rotatable bonds is 8. The monoisotopic (exact) mass is 280 g/mol. The topological polar surface area (TPSA) is 44.7 Å². The summed E-state index contributed by atoms with van der Waals surface area (Å²) in [5.74, 6) is 0.770. The Morgan fingerprint density at radius 1 is 1.35 bits per heavy atom. The van der Waals surface area contributed by atoms with E-state index in [2.05, 4.69) is 10.2 Å². The fraction of sp³-hybridized carbons (Fsp3) is 0.625. The maximum atomic E-state index is 10.5. The number of aliphatic hydroxyl groups is 1. The molecule has 0 heterocycles. The highest BCUT2D eigenvalue weighted by Crippen LogP contribution is 2.28. The van der Waals surface area contributed by atoms with Crippen molar-refractivity contribution in [2.45, 2.75) is 32.9 Å². The van der Waals surface area contributed by atoms with Crippen molar-refractivity contribution in [2.24, 2.45) is 0 Å². The van der Waals surface area contributed by atoms with E-state index in [-0.39, 0.29) is 6.04 Å². The Bertz CT molecular complexity index is 407. The van der Waals surface area contributed by atoms with Gasteiger partial charge in [0.25, 0.3) is 0 Å². The first-order valence-corrected chi connectivity index (χ1v) is 7.25. The summed E-state index contributed by atoms with van der Waals surface area (Å²) in [5, 5.41) is 13.9. The van der Waals surface area contributed by atoms with E-state index in [9.17, 15) is 5.11 Å². The first-order valence-electron chi connectivity index (χ1n) is 7.25. The van der Waals surface area contributed by atoms with E-state index < -0.39 is 6.10 Å². The van der Waals surface area contributed by atoms with Crippen LogP contribution >= 0.6 is 0 Å². The van der Waals surface area contributed by atoms with Gasteiger partial charge in [-0.3, -0.25) is 0 Å². The summed E-state index contributed by atoms with van der Waals surface area (Å²) in [6.07, 6.45) is -0.571. The third-order valence-corrected chi connectivity index (χ3v) is 3.28. The molecule has 0 spiro atoms. The molecule has 0 fully saturated rings. The molecule has 0 saturated carbocycles. The molecule has 4 heteroatoms. The molecule has 0 radical (unpaired) electrons. The van der Waals surface area contributed by atoms with Crippen molar-refractivity contribution in [2.75, 3.05) is 33.8 Å². The highest BCUT2D eigenvalue weighted by atomic mass is 16.5. The molecule has 4 nitrogen and oxygen atoms in total. The molecule has 1 rings (SSSR count). The van der Waals surface area contributed by atoms with E-state index in [1.165, 1.54) is 0 Å². The minimum absolute atomic E-state index is 0.0176. The number of hydrogen-bond donors (Lipinski definition) is 2. The number of hydrogen-bond acceptors (Lipinski definition) is 4.